The van der Waals surface area contributed by atoms with Crippen molar-refractivity contribution in [3.8, 4) is 10.7 Å². The second-order valence-corrected chi connectivity index (χ2v) is 5.47. The number of hydrogen-bond acceptors (Lipinski definition) is 5. The summed E-state index contributed by atoms with van der Waals surface area (Å²) in [5, 5.41) is 0.889. The lowest BCUT2D eigenvalue weighted by molar-refractivity contribution is -0.145. The minimum atomic E-state index is -0.191. The smallest absolute Gasteiger partial charge is 0.315 e. The van der Waals surface area contributed by atoms with Gasteiger partial charge in [-0.05, 0) is 31.9 Å². The van der Waals surface area contributed by atoms with Crippen molar-refractivity contribution in [1.29, 1.82) is 0 Å². The molecule has 0 fully saturated rings. The van der Waals surface area contributed by atoms with Gasteiger partial charge in [-0.3, -0.25) is 9.78 Å². The van der Waals surface area contributed by atoms with Gasteiger partial charge < -0.3 is 4.74 Å². The minimum absolute atomic E-state index is 0.154. The van der Waals surface area contributed by atoms with E-state index < -0.39 is 0 Å². The van der Waals surface area contributed by atoms with Gasteiger partial charge >= 0.3 is 5.97 Å². The Kier molecular flexibility index (Phi) is 3.29. The van der Waals surface area contributed by atoms with Crippen LogP contribution in [-0.2, 0) is 16.0 Å². The monoisotopic (exact) mass is 274 g/mol. The quantitative estimate of drug-likeness (QED) is 0.808. The van der Waals surface area contributed by atoms with Crippen LogP contribution in [0.25, 0.3) is 10.7 Å². The number of nitrogens with zero attached hydrogens (tertiary/aromatic N) is 2. The number of hydrogen-bond donors (Lipinski definition) is 0. The highest BCUT2D eigenvalue weighted by atomic mass is 32.1. The molecular formula is C14H14N2O2S. The predicted octanol–water partition coefficient (Wildman–Crippen LogP) is 2.80. The highest BCUT2D eigenvalue weighted by Gasteiger charge is 2.33. The van der Waals surface area contributed by atoms with Gasteiger partial charge in [0.2, 0.25) is 0 Å². The SMILES string of the molecule is CCOC(=O)C1CCc2sc(-c3ccccn3)nc21. The van der Waals surface area contributed by atoms with Crippen LogP contribution in [0, 0.1) is 0 Å². The van der Waals surface area contributed by atoms with E-state index in [1.54, 1.807) is 17.5 Å². The normalized spacial score (nSPS) is 17.2. The molecule has 19 heavy (non-hydrogen) atoms. The lowest BCUT2D eigenvalue weighted by Crippen LogP contribution is -2.14. The van der Waals surface area contributed by atoms with Crippen molar-refractivity contribution in [1.82, 2.24) is 9.97 Å². The van der Waals surface area contributed by atoms with E-state index in [2.05, 4.69) is 9.97 Å². The van der Waals surface area contributed by atoms with Gasteiger partial charge in [0.05, 0.1) is 18.0 Å². The van der Waals surface area contributed by atoms with Crippen LogP contribution in [0.3, 0.4) is 0 Å². The molecule has 1 unspecified atom stereocenters. The van der Waals surface area contributed by atoms with Gasteiger partial charge in [0.25, 0.3) is 0 Å². The second kappa shape index (κ2) is 5.09. The fourth-order valence-corrected chi connectivity index (χ4v) is 3.41. The van der Waals surface area contributed by atoms with Gasteiger partial charge in [0, 0.05) is 11.1 Å². The summed E-state index contributed by atoms with van der Waals surface area (Å²) in [5.74, 6) is -0.345. The van der Waals surface area contributed by atoms with E-state index in [9.17, 15) is 4.79 Å². The molecule has 1 atom stereocenters. The fraction of sp³-hybridized carbons (Fsp3) is 0.357. The number of pyridine rings is 1. The number of carbonyl (C=O) groups is 1. The summed E-state index contributed by atoms with van der Waals surface area (Å²) >= 11 is 1.63. The third-order valence-electron chi connectivity index (χ3n) is 3.17. The highest BCUT2D eigenvalue weighted by Crippen LogP contribution is 2.39. The van der Waals surface area contributed by atoms with Crippen molar-refractivity contribution >= 4 is 17.3 Å². The van der Waals surface area contributed by atoms with E-state index >= 15 is 0 Å². The van der Waals surface area contributed by atoms with Gasteiger partial charge in [-0.1, -0.05) is 6.07 Å². The van der Waals surface area contributed by atoms with Gasteiger partial charge in [-0.15, -0.1) is 11.3 Å². The number of thiazole rings is 1. The summed E-state index contributed by atoms with van der Waals surface area (Å²) in [6.45, 7) is 2.25. The average molecular weight is 274 g/mol. The molecule has 0 aromatic carbocycles. The van der Waals surface area contributed by atoms with E-state index in [-0.39, 0.29) is 11.9 Å². The maximum Gasteiger partial charge on any atom is 0.315 e. The third-order valence-corrected chi connectivity index (χ3v) is 4.33. The molecule has 0 saturated heterocycles. The zero-order valence-electron chi connectivity index (χ0n) is 10.6. The molecule has 0 radical (unpaired) electrons. The van der Waals surface area contributed by atoms with Crippen LogP contribution in [0.4, 0.5) is 0 Å². The molecule has 0 amide bonds. The van der Waals surface area contributed by atoms with Crippen LogP contribution in [0.2, 0.25) is 0 Å². The van der Waals surface area contributed by atoms with Crippen LogP contribution in [0.15, 0.2) is 24.4 Å². The largest absolute Gasteiger partial charge is 0.465 e. The summed E-state index contributed by atoms with van der Waals surface area (Å²) in [6, 6.07) is 5.76. The van der Waals surface area contributed by atoms with E-state index in [1.165, 1.54) is 4.88 Å². The Bertz CT molecular complexity index is 595. The predicted molar refractivity (Wildman–Crippen MR) is 73.0 cm³/mol. The van der Waals surface area contributed by atoms with Crippen molar-refractivity contribution in [2.45, 2.75) is 25.7 Å². The van der Waals surface area contributed by atoms with Crippen LogP contribution in [0.5, 0.6) is 0 Å². The van der Waals surface area contributed by atoms with E-state index in [1.807, 2.05) is 25.1 Å². The first-order chi connectivity index (χ1) is 9.29. The number of fused-ring (bicyclic) bond motifs is 1. The molecule has 2 aromatic rings. The van der Waals surface area contributed by atoms with Crippen LogP contribution >= 0.6 is 11.3 Å². The number of ether oxygens (including phenoxy) is 1. The van der Waals surface area contributed by atoms with Crippen molar-refractivity contribution < 1.29 is 9.53 Å². The minimum Gasteiger partial charge on any atom is -0.465 e. The first-order valence-electron chi connectivity index (χ1n) is 6.37. The molecular weight excluding hydrogens is 260 g/mol. The number of esters is 1. The van der Waals surface area contributed by atoms with E-state index in [4.69, 9.17) is 4.74 Å². The Hall–Kier alpha value is -1.75. The lowest BCUT2D eigenvalue weighted by Gasteiger charge is -2.07. The maximum absolute atomic E-state index is 11.9. The zero-order valence-corrected chi connectivity index (χ0v) is 11.4. The molecule has 0 aliphatic heterocycles. The van der Waals surface area contributed by atoms with Gasteiger partial charge in [0.1, 0.15) is 10.9 Å². The Labute approximate surface area is 115 Å². The number of carbonyl (C=O) groups excluding carboxylic acids is 1. The number of rotatable bonds is 3. The van der Waals surface area contributed by atoms with Crippen LogP contribution in [0.1, 0.15) is 29.8 Å². The topological polar surface area (TPSA) is 52.1 Å². The van der Waals surface area contributed by atoms with E-state index in [0.717, 1.165) is 29.2 Å². The van der Waals surface area contributed by atoms with Gasteiger partial charge in [0.15, 0.2) is 0 Å². The Balaban J connectivity index is 1.91. The number of aryl methyl sites for hydroxylation is 1. The summed E-state index contributed by atoms with van der Waals surface area (Å²) in [4.78, 5) is 22.0. The maximum atomic E-state index is 11.9. The molecule has 98 valence electrons. The Morgan fingerprint density at radius 2 is 2.42 bits per heavy atom. The Morgan fingerprint density at radius 3 is 3.16 bits per heavy atom. The lowest BCUT2D eigenvalue weighted by atomic mass is 10.1. The van der Waals surface area contributed by atoms with Gasteiger partial charge in [-0.25, -0.2) is 4.98 Å². The standard InChI is InChI=1S/C14H14N2O2S/c1-2-18-14(17)9-6-7-11-12(9)16-13(19-11)10-5-3-4-8-15-10/h3-5,8-9H,2,6-7H2,1H3. The molecule has 1 aliphatic carbocycles. The molecule has 2 aromatic heterocycles. The summed E-state index contributed by atoms with van der Waals surface area (Å²) < 4.78 is 5.11. The molecule has 4 nitrogen and oxygen atoms in total. The molecule has 0 bridgehead atoms. The first-order valence-corrected chi connectivity index (χ1v) is 7.19. The average Bonchev–Trinajstić information content (AvgIpc) is 2.99. The first kappa shape index (κ1) is 12.3. The van der Waals surface area contributed by atoms with Crippen molar-refractivity contribution in [2.24, 2.45) is 0 Å². The van der Waals surface area contributed by atoms with E-state index in [0.29, 0.717) is 6.61 Å². The van der Waals surface area contributed by atoms with Gasteiger partial charge in [-0.2, -0.15) is 0 Å². The Morgan fingerprint density at radius 1 is 1.53 bits per heavy atom. The molecule has 3 rings (SSSR count). The number of aromatic nitrogens is 2. The summed E-state index contributed by atoms with van der Waals surface area (Å²) in [5.41, 5.74) is 1.76. The second-order valence-electron chi connectivity index (χ2n) is 4.39. The van der Waals surface area contributed by atoms with Crippen LogP contribution in [-0.4, -0.2) is 22.5 Å². The van der Waals surface area contributed by atoms with Crippen molar-refractivity contribution in [3.05, 3.63) is 35.0 Å². The zero-order chi connectivity index (χ0) is 13.2. The fourth-order valence-electron chi connectivity index (χ4n) is 2.30. The molecule has 0 spiro atoms. The molecule has 0 saturated carbocycles. The third kappa shape index (κ3) is 2.26. The molecule has 1 aliphatic rings. The summed E-state index contributed by atoms with van der Waals surface area (Å²) in [7, 11) is 0. The summed E-state index contributed by atoms with van der Waals surface area (Å²) in [6.07, 6.45) is 3.48. The highest BCUT2D eigenvalue weighted by molar-refractivity contribution is 7.15. The van der Waals surface area contributed by atoms with Crippen molar-refractivity contribution in [2.75, 3.05) is 6.61 Å². The van der Waals surface area contributed by atoms with Crippen molar-refractivity contribution in [3.63, 3.8) is 0 Å². The van der Waals surface area contributed by atoms with Crippen LogP contribution < -0.4 is 0 Å². The molecule has 2 heterocycles. The molecule has 5 heteroatoms. The molecule has 0 N–H and O–H groups in total.